The lowest BCUT2D eigenvalue weighted by molar-refractivity contribution is 1.12. The molecule has 0 aliphatic carbocycles. The second-order valence-electron chi connectivity index (χ2n) is 11.9. The van der Waals surface area contributed by atoms with Crippen molar-refractivity contribution in [2.24, 2.45) is 0 Å². The van der Waals surface area contributed by atoms with Crippen LogP contribution in [0.3, 0.4) is 0 Å². The van der Waals surface area contributed by atoms with Crippen LogP contribution in [0.15, 0.2) is 165 Å². The van der Waals surface area contributed by atoms with Crippen molar-refractivity contribution in [1.29, 1.82) is 0 Å². The highest BCUT2D eigenvalue weighted by Gasteiger charge is 2.25. The average molecular weight is 627 g/mol. The number of rotatable bonds is 0. The summed E-state index contributed by atoms with van der Waals surface area (Å²) in [7, 11) is 4.34. The Morgan fingerprint density at radius 2 is 0.891 bits per heavy atom. The summed E-state index contributed by atoms with van der Waals surface area (Å²) in [5.74, 6) is 0. The van der Waals surface area contributed by atoms with Crippen molar-refractivity contribution in [3.8, 4) is 0 Å². The van der Waals surface area contributed by atoms with E-state index in [-0.39, 0.29) is 0 Å². The zero-order valence-corrected chi connectivity index (χ0v) is 27.2. The summed E-state index contributed by atoms with van der Waals surface area (Å²) in [5, 5.41) is 10.6. The van der Waals surface area contributed by atoms with Gasteiger partial charge in [-0.25, -0.2) is 0 Å². The Kier molecular flexibility index (Phi) is 6.48. The van der Waals surface area contributed by atoms with E-state index >= 15 is 0 Å². The number of hydrogen-bond acceptors (Lipinski definition) is 4. The molecule has 0 fully saturated rings. The van der Waals surface area contributed by atoms with Crippen molar-refractivity contribution in [3.05, 3.63) is 146 Å². The summed E-state index contributed by atoms with van der Waals surface area (Å²) in [5.41, 5.74) is 5.18. The minimum Gasteiger partial charge on any atom is -0.343 e. The highest BCUT2D eigenvalue weighted by molar-refractivity contribution is 8.00. The molecule has 8 aromatic carbocycles. The van der Waals surface area contributed by atoms with Crippen LogP contribution >= 0.6 is 23.5 Å². The van der Waals surface area contributed by atoms with Crippen LogP contribution in [0.25, 0.3) is 43.1 Å². The van der Waals surface area contributed by atoms with Gasteiger partial charge in [-0.05, 0) is 80.2 Å². The predicted octanol–water partition coefficient (Wildman–Crippen LogP) is 12.5. The quantitative estimate of drug-likeness (QED) is 0.122. The van der Waals surface area contributed by atoms with E-state index in [0.29, 0.717) is 0 Å². The standard InChI is InChI=1S/2C21H15NS/c1-22-18-12-6-7-13-19(18)23-21-17-11-5-3-9-15(17)14-8-2-4-10-16(14)20(21)22;1-22-18-8-4-5-9-20(18)23-21-17-13-15-7-3-2-6-14(15)12-16(17)10-11-19(21)22/h2*2-13H,1H3. The molecule has 0 spiro atoms. The molecule has 8 aromatic rings. The van der Waals surface area contributed by atoms with Gasteiger partial charge in [-0.2, -0.15) is 0 Å². The average Bonchev–Trinajstić information content (AvgIpc) is 3.11. The van der Waals surface area contributed by atoms with Gasteiger partial charge in [0.1, 0.15) is 0 Å². The van der Waals surface area contributed by atoms with Gasteiger partial charge in [0.05, 0.1) is 22.7 Å². The molecule has 0 bridgehead atoms. The summed E-state index contributed by atoms with van der Waals surface area (Å²) in [6, 6.07) is 52.5. The Hall–Kier alpha value is -4.90. The molecule has 0 saturated carbocycles. The summed E-state index contributed by atoms with van der Waals surface area (Å²) < 4.78 is 0. The van der Waals surface area contributed by atoms with E-state index in [1.165, 1.54) is 85.4 Å². The van der Waals surface area contributed by atoms with Gasteiger partial charge in [-0.1, -0.05) is 127 Å². The Morgan fingerprint density at radius 1 is 0.370 bits per heavy atom. The van der Waals surface area contributed by atoms with Gasteiger partial charge in [-0.3, -0.25) is 0 Å². The molecular formula is C42H30N2S2. The molecule has 0 radical (unpaired) electrons. The van der Waals surface area contributed by atoms with Gasteiger partial charge in [0.25, 0.3) is 0 Å². The van der Waals surface area contributed by atoms with E-state index in [4.69, 9.17) is 0 Å². The molecule has 10 rings (SSSR count). The van der Waals surface area contributed by atoms with Crippen LogP contribution in [0.4, 0.5) is 22.7 Å². The first-order valence-electron chi connectivity index (χ1n) is 15.6. The van der Waals surface area contributed by atoms with Gasteiger partial charge in [0.15, 0.2) is 0 Å². The SMILES string of the molecule is CN1c2ccccc2Sc2c1c1ccccc1c1ccccc21.CN1c2ccccc2Sc2c1ccc1cc3ccccc3cc21. The first-order valence-corrected chi connectivity index (χ1v) is 17.2. The topological polar surface area (TPSA) is 6.48 Å². The maximum atomic E-state index is 2.34. The number of nitrogens with zero attached hydrogens (tertiary/aromatic N) is 2. The van der Waals surface area contributed by atoms with E-state index in [2.05, 4.69) is 169 Å². The van der Waals surface area contributed by atoms with Crippen LogP contribution in [-0.2, 0) is 0 Å². The summed E-state index contributed by atoms with van der Waals surface area (Å²) in [6.07, 6.45) is 0. The molecule has 2 heterocycles. The zero-order chi connectivity index (χ0) is 30.8. The molecule has 0 atom stereocenters. The molecule has 0 unspecified atom stereocenters. The summed E-state index contributed by atoms with van der Waals surface area (Å²) in [4.78, 5) is 10.0. The highest BCUT2D eigenvalue weighted by atomic mass is 32.2. The van der Waals surface area contributed by atoms with E-state index in [1.807, 2.05) is 23.5 Å². The van der Waals surface area contributed by atoms with Crippen LogP contribution in [0.5, 0.6) is 0 Å². The van der Waals surface area contributed by atoms with Crippen LogP contribution in [-0.4, -0.2) is 14.1 Å². The van der Waals surface area contributed by atoms with Gasteiger partial charge in [-0.15, -0.1) is 0 Å². The second kappa shape index (κ2) is 10.9. The molecule has 2 aliphatic heterocycles. The zero-order valence-electron chi connectivity index (χ0n) is 25.6. The van der Waals surface area contributed by atoms with Gasteiger partial charge < -0.3 is 9.80 Å². The minimum absolute atomic E-state index is 1.28. The molecule has 4 heteroatoms. The largest absolute Gasteiger partial charge is 0.343 e. The molecule has 220 valence electrons. The molecule has 2 nitrogen and oxygen atoms in total. The fourth-order valence-electron chi connectivity index (χ4n) is 6.98. The molecule has 0 amide bonds. The smallest absolute Gasteiger partial charge is 0.0636 e. The highest BCUT2D eigenvalue weighted by Crippen LogP contribution is 2.53. The first kappa shape index (κ1) is 27.4. The molecule has 46 heavy (non-hydrogen) atoms. The third kappa shape index (κ3) is 4.28. The maximum absolute atomic E-state index is 2.34. The van der Waals surface area contributed by atoms with Crippen molar-refractivity contribution >= 4 is 89.4 Å². The third-order valence-corrected chi connectivity index (χ3v) is 11.6. The first-order chi connectivity index (χ1) is 22.7. The molecule has 0 saturated heterocycles. The third-order valence-electron chi connectivity index (χ3n) is 9.25. The fourth-order valence-corrected chi connectivity index (χ4v) is 9.56. The molecule has 2 aliphatic rings. The number of fused-ring (bicyclic) bond motifs is 12. The number of para-hydroxylation sites is 2. The maximum Gasteiger partial charge on any atom is 0.0636 e. The Balaban J connectivity index is 0.000000127. The summed E-state index contributed by atoms with van der Waals surface area (Å²) in [6.45, 7) is 0. The van der Waals surface area contributed by atoms with Crippen LogP contribution in [0, 0.1) is 0 Å². The van der Waals surface area contributed by atoms with Crippen LogP contribution in [0.1, 0.15) is 0 Å². The fraction of sp³-hybridized carbons (Fsp3) is 0.0476. The lowest BCUT2D eigenvalue weighted by Crippen LogP contribution is -2.15. The second-order valence-corrected chi connectivity index (χ2v) is 14.0. The van der Waals surface area contributed by atoms with Gasteiger partial charge in [0.2, 0.25) is 0 Å². The molecule has 0 N–H and O–H groups in total. The van der Waals surface area contributed by atoms with Crippen LogP contribution in [0.2, 0.25) is 0 Å². The van der Waals surface area contributed by atoms with Crippen molar-refractivity contribution in [2.45, 2.75) is 19.6 Å². The van der Waals surface area contributed by atoms with Crippen molar-refractivity contribution in [1.82, 2.24) is 0 Å². The minimum atomic E-state index is 1.28. The monoisotopic (exact) mass is 626 g/mol. The number of anilines is 4. The molecular weight excluding hydrogens is 597 g/mol. The van der Waals surface area contributed by atoms with Crippen molar-refractivity contribution in [2.75, 3.05) is 23.9 Å². The van der Waals surface area contributed by atoms with Gasteiger partial charge in [0, 0.05) is 39.1 Å². The number of benzene rings is 8. The Bertz CT molecular complexity index is 2480. The van der Waals surface area contributed by atoms with Crippen molar-refractivity contribution in [3.63, 3.8) is 0 Å². The van der Waals surface area contributed by atoms with Crippen LogP contribution < -0.4 is 9.80 Å². The predicted molar refractivity (Wildman–Crippen MR) is 200 cm³/mol. The Morgan fingerprint density at radius 3 is 1.61 bits per heavy atom. The van der Waals surface area contributed by atoms with Gasteiger partial charge >= 0.3 is 0 Å². The van der Waals surface area contributed by atoms with Crippen molar-refractivity contribution < 1.29 is 0 Å². The Labute approximate surface area is 277 Å². The molecule has 0 aromatic heterocycles. The lowest BCUT2D eigenvalue weighted by Gasteiger charge is -2.31. The van der Waals surface area contributed by atoms with E-state index in [0.717, 1.165) is 0 Å². The summed E-state index contributed by atoms with van der Waals surface area (Å²) >= 11 is 3.77. The van der Waals surface area contributed by atoms with E-state index < -0.39 is 0 Å². The lowest BCUT2D eigenvalue weighted by atomic mass is 9.99. The number of hydrogen-bond donors (Lipinski definition) is 0. The van der Waals surface area contributed by atoms with E-state index in [1.54, 1.807) is 0 Å². The normalized spacial score (nSPS) is 13.2. The van der Waals surface area contributed by atoms with E-state index in [9.17, 15) is 0 Å².